The van der Waals surface area contributed by atoms with E-state index in [4.69, 9.17) is 0 Å². The van der Waals surface area contributed by atoms with Crippen LogP contribution in [0, 0.1) is 5.92 Å². The maximum absolute atomic E-state index is 4.31. The average Bonchev–Trinajstić information content (AvgIpc) is 2.83. The van der Waals surface area contributed by atoms with Crippen molar-refractivity contribution in [3.8, 4) is 0 Å². The molecule has 0 bridgehead atoms. The molecule has 2 heterocycles. The Morgan fingerprint density at radius 1 is 1.53 bits per heavy atom. The highest BCUT2D eigenvalue weighted by atomic mass is 32.1. The van der Waals surface area contributed by atoms with Crippen molar-refractivity contribution in [2.24, 2.45) is 5.92 Å². The van der Waals surface area contributed by atoms with E-state index in [9.17, 15) is 0 Å². The van der Waals surface area contributed by atoms with Crippen LogP contribution in [0.3, 0.4) is 0 Å². The summed E-state index contributed by atoms with van der Waals surface area (Å²) in [7, 11) is 2.22. The van der Waals surface area contributed by atoms with E-state index < -0.39 is 0 Å². The molecule has 1 atom stereocenters. The van der Waals surface area contributed by atoms with Gasteiger partial charge in [0.05, 0.1) is 5.01 Å². The zero-order valence-electron chi connectivity index (χ0n) is 10.9. The molecular weight excluding hydrogens is 230 g/mol. The summed E-state index contributed by atoms with van der Waals surface area (Å²) in [5, 5.41) is 6.95. The summed E-state index contributed by atoms with van der Waals surface area (Å²) in [6.45, 7) is 5.89. The zero-order valence-corrected chi connectivity index (χ0v) is 11.7. The maximum Gasteiger partial charge on any atom is 0.0937 e. The second-order valence-corrected chi connectivity index (χ2v) is 6.04. The normalized spacial score (nSPS) is 20.6. The SMILES string of the molecule is CC(NCCc1nccs1)C1CCN(C)CC1. The quantitative estimate of drug-likeness (QED) is 0.870. The van der Waals surface area contributed by atoms with Crippen LogP contribution in [-0.4, -0.2) is 42.6 Å². The molecule has 0 aromatic carbocycles. The predicted molar refractivity (Wildman–Crippen MR) is 73.5 cm³/mol. The monoisotopic (exact) mass is 253 g/mol. The number of hydrogen-bond donors (Lipinski definition) is 1. The molecule has 1 saturated heterocycles. The van der Waals surface area contributed by atoms with Crippen LogP contribution in [0.25, 0.3) is 0 Å². The Morgan fingerprint density at radius 3 is 2.94 bits per heavy atom. The van der Waals surface area contributed by atoms with E-state index in [-0.39, 0.29) is 0 Å². The molecule has 1 aliphatic heterocycles. The summed E-state index contributed by atoms with van der Waals surface area (Å²) in [6, 6.07) is 0.642. The van der Waals surface area contributed by atoms with E-state index in [0.717, 1.165) is 18.9 Å². The Labute approximate surface area is 108 Å². The van der Waals surface area contributed by atoms with Crippen molar-refractivity contribution in [2.45, 2.75) is 32.2 Å². The van der Waals surface area contributed by atoms with Crippen LogP contribution >= 0.6 is 11.3 Å². The summed E-state index contributed by atoms with van der Waals surface area (Å²) < 4.78 is 0. The first-order valence-electron chi connectivity index (χ1n) is 6.56. The Bertz CT molecular complexity index is 304. The first kappa shape index (κ1) is 13.0. The zero-order chi connectivity index (χ0) is 12.1. The lowest BCUT2D eigenvalue weighted by Gasteiger charge is -2.33. The van der Waals surface area contributed by atoms with Gasteiger partial charge in [0.25, 0.3) is 0 Å². The van der Waals surface area contributed by atoms with Crippen molar-refractivity contribution in [1.82, 2.24) is 15.2 Å². The maximum atomic E-state index is 4.31. The predicted octanol–water partition coefficient (Wildman–Crippen LogP) is 2.01. The summed E-state index contributed by atoms with van der Waals surface area (Å²) in [5.74, 6) is 0.850. The minimum atomic E-state index is 0.642. The van der Waals surface area contributed by atoms with Gasteiger partial charge in [-0.25, -0.2) is 4.98 Å². The van der Waals surface area contributed by atoms with E-state index in [1.165, 1.54) is 30.9 Å². The molecular formula is C13H23N3S. The standard InChI is InChI=1S/C13H23N3S/c1-11(12-4-8-16(2)9-5-12)14-6-3-13-15-7-10-17-13/h7,10-12,14H,3-6,8-9H2,1-2H3. The van der Waals surface area contributed by atoms with Crippen LogP contribution < -0.4 is 5.32 Å². The van der Waals surface area contributed by atoms with Crippen molar-refractivity contribution in [2.75, 3.05) is 26.7 Å². The average molecular weight is 253 g/mol. The molecule has 0 radical (unpaired) electrons. The third-order valence-electron chi connectivity index (χ3n) is 3.76. The summed E-state index contributed by atoms with van der Waals surface area (Å²) in [4.78, 5) is 6.74. The van der Waals surface area contributed by atoms with Crippen molar-refractivity contribution in [3.63, 3.8) is 0 Å². The molecule has 1 unspecified atom stereocenters. The van der Waals surface area contributed by atoms with Crippen LogP contribution in [0.2, 0.25) is 0 Å². The number of nitrogens with one attached hydrogen (secondary N) is 1. The fourth-order valence-corrected chi connectivity index (χ4v) is 3.10. The second kappa shape index (κ2) is 6.47. The van der Waals surface area contributed by atoms with Crippen molar-refractivity contribution >= 4 is 11.3 Å². The molecule has 0 saturated carbocycles. The van der Waals surface area contributed by atoms with Gasteiger partial charge in [-0.15, -0.1) is 11.3 Å². The van der Waals surface area contributed by atoms with Crippen molar-refractivity contribution < 1.29 is 0 Å². The summed E-state index contributed by atoms with van der Waals surface area (Å²) in [6.07, 6.45) is 5.62. The number of likely N-dealkylation sites (tertiary alicyclic amines) is 1. The highest BCUT2D eigenvalue weighted by Gasteiger charge is 2.21. The van der Waals surface area contributed by atoms with E-state index in [1.54, 1.807) is 11.3 Å². The fraction of sp³-hybridized carbons (Fsp3) is 0.769. The molecule has 0 spiro atoms. The van der Waals surface area contributed by atoms with E-state index >= 15 is 0 Å². The number of thiazole rings is 1. The van der Waals surface area contributed by atoms with Gasteiger partial charge in [-0.2, -0.15) is 0 Å². The molecule has 0 aliphatic carbocycles. The van der Waals surface area contributed by atoms with Crippen LogP contribution in [0.1, 0.15) is 24.8 Å². The minimum Gasteiger partial charge on any atom is -0.314 e. The van der Waals surface area contributed by atoms with Crippen LogP contribution in [-0.2, 0) is 6.42 Å². The largest absolute Gasteiger partial charge is 0.314 e. The molecule has 17 heavy (non-hydrogen) atoms. The molecule has 1 aliphatic rings. The fourth-order valence-electron chi connectivity index (χ4n) is 2.48. The van der Waals surface area contributed by atoms with Gasteiger partial charge in [0.15, 0.2) is 0 Å². The molecule has 1 aromatic heterocycles. The van der Waals surface area contributed by atoms with Gasteiger partial charge in [-0.3, -0.25) is 0 Å². The third kappa shape index (κ3) is 4.05. The number of nitrogens with zero attached hydrogens (tertiary/aromatic N) is 2. The van der Waals surface area contributed by atoms with E-state index in [1.807, 2.05) is 6.20 Å². The van der Waals surface area contributed by atoms with Crippen molar-refractivity contribution in [1.29, 1.82) is 0 Å². The Balaban J connectivity index is 1.65. The van der Waals surface area contributed by atoms with E-state index in [2.05, 4.69) is 34.6 Å². The molecule has 1 aromatic rings. The lowest BCUT2D eigenvalue weighted by Crippen LogP contribution is -2.41. The van der Waals surface area contributed by atoms with Crippen LogP contribution in [0.4, 0.5) is 0 Å². The Hall–Kier alpha value is -0.450. The van der Waals surface area contributed by atoms with Crippen LogP contribution in [0.15, 0.2) is 11.6 Å². The van der Waals surface area contributed by atoms with Gasteiger partial charge < -0.3 is 10.2 Å². The number of hydrogen-bond acceptors (Lipinski definition) is 4. The molecule has 3 nitrogen and oxygen atoms in total. The first-order chi connectivity index (χ1) is 8.25. The topological polar surface area (TPSA) is 28.2 Å². The summed E-state index contributed by atoms with van der Waals surface area (Å²) >= 11 is 1.75. The van der Waals surface area contributed by atoms with Gasteiger partial charge in [-0.1, -0.05) is 0 Å². The molecule has 96 valence electrons. The molecule has 4 heteroatoms. The molecule has 1 N–H and O–H groups in total. The van der Waals surface area contributed by atoms with Gasteiger partial charge in [0.2, 0.25) is 0 Å². The highest BCUT2D eigenvalue weighted by Crippen LogP contribution is 2.19. The Morgan fingerprint density at radius 2 is 2.29 bits per heavy atom. The lowest BCUT2D eigenvalue weighted by molar-refractivity contribution is 0.190. The Kier molecular flexibility index (Phi) is 4.95. The lowest BCUT2D eigenvalue weighted by atomic mass is 9.90. The minimum absolute atomic E-state index is 0.642. The van der Waals surface area contributed by atoms with Gasteiger partial charge in [-0.05, 0) is 45.8 Å². The van der Waals surface area contributed by atoms with Gasteiger partial charge in [0, 0.05) is 30.6 Å². The molecule has 0 amide bonds. The van der Waals surface area contributed by atoms with Gasteiger partial charge in [0.1, 0.15) is 0 Å². The molecule has 2 rings (SSSR count). The van der Waals surface area contributed by atoms with Gasteiger partial charge >= 0.3 is 0 Å². The second-order valence-electron chi connectivity index (χ2n) is 5.06. The summed E-state index contributed by atoms with van der Waals surface area (Å²) in [5.41, 5.74) is 0. The number of piperidine rings is 1. The number of aromatic nitrogens is 1. The first-order valence-corrected chi connectivity index (χ1v) is 7.44. The van der Waals surface area contributed by atoms with Crippen LogP contribution in [0.5, 0.6) is 0 Å². The number of rotatable bonds is 5. The third-order valence-corrected chi connectivity index (χ3v) is 4.60. The molecule has 1 fully saturated rings. The van der Waals surface area contributed by atoms with Crippen molar-refractivity contribution in [3.05, 3.63) is 16.6 Å². The smallest absolute Gasteiger partial charge is 0.0937 e. The highest BCUT2D eigenvalue weighted by molar-refractivity contribution is 7.09. The van der Waals surface area contributed by atoms with E-state index in [0.29, 0.717) is 6.04 Å².